The summed E-state index contributed by atoms with van der Waals surface area (Å²) in [7, 11) is 0. The molecule has 2 nitrogen and oxygen atoms in total. The third-order valence-corrected chi connectivity index (χ3v) is 1.87. The van der Waals surface area contributed by atoms with E-state index in [0.29, 0.717) is 12.1 Å². The monoisotopic (exact) mass is 129 g/mol. The van der Waals surface area contributed by atoms with Crippen LogP contribution in [0.15, 0.2) is 0 Å². The predicted molar refractivity (Wildman–Crippen MR) is 37.5 cm³/mol. The van der Waals surface area contributed by atoms with Crippen molar-refractivity contribution in [2.45, 2.75) is 32.4 Å². The second-order valence-electron chi connectivity index (χ2n) is 2.67. The average molecular weight is 129 g/mol. The smallest absolute Gasteiger partial charge is 0.0697 e. The Morgan fingerprint density at radius 3 is 3.00 bits per heavy atom. The molecule has 1 aliphatic heterocycles. The maximum absolute atomic E-state index is 5.45. The Hall–Kier alpha value is -0.0800. The molecule has 2 atom stereocenters. The van der Waals surface area contributed by atoms with Gasteiger partial charge in [0.05, 0.1) is 6.10 Å². The Kier molecular flexibility index (Phi) is 2.49. The van der Waals surface area contributed by atoms with E-state index < -0.39 is 0 Å². The Morgan fingerprint density at radius 1 is 1.44 bits per heavy atom. The van der Waals surface area contributed by atoms with Gasteiger partial charge in [-0.05, 0) is 26.8 Å². The van der Waals surface area contributed by atoms with Crippen molar-refractivity contribution in [2.24, 2.45) is 0 Å². The van der Waals surface area contributed by atoms with E-state index in [2.05, 4.69) is 19.2 Å². The van der Waals surface area contributed by atoms with Crippen LogP contribution in [0.4, 0.5) is 0 Å². The van der Waals surface area contributed by atoms with Gasteiger partial charge in [-0.1, -0.05) is 0 Å². The normalized spacial score (nSPS) is 38.0. The van der Waals surface area contributed by atoms with Crippen molar-refractivity contribution in [1.29, 1.82) is 0 Å². The fraction of sp³-hybridized carbons (Fsp3) is 1.00. The van der Waals surface area contributed by atoms with Gasteiger partial charge in [-0.15, -0.1) is 0 Å². The molecule has 1 N–H and O–H groups in total. The lowest BCUT2D eigenvalue weighted by Gasteiger charge is -2.16. The topological polar surface area (TPSA) is 21.3 Å². The molecular weight excluding hydrogens is 114 g/mol. The molecule has 2 heteroatoms. The van der Waals surface area contributed by atoms with Crippen LogP contribution >= 0.6 is 0 Å². The van der Waals surface area contributed by atoms with Gasteiger partial charge in [-0.3, -0.25) is 0 Å². The van der Waals surface area contributed by atoms with E-state index in [9.17, 15) is 0 Å². The van der Waals surface area contributed by atoms with Gasteiger partial charge in [-0.2, -0.15) is 0 Å². The van der Waals surface area contributed by atoms with Gasteiger partial charge in [0.25, 0.3) is 0 Å². The van der Waals surface area contributed by atoms with Crippen LogP contribution in [0.3, 0.4) is 0 Å². The summed E-state index contributed by atoms with van der Waals surface area (Å²) in [5.74, 6) is 0. The minimum atomic E-state index is 0.382. The molecule has 1 heterocycles. The first-order chi connectivity index (χ1) is 4.30. The molecule has 9 heavy (non-hydrogen) atoms. The van der Waals surface area contributed by atoms with E-state index >= 15 is 0 Å². The number of nitrogens with one attached hydrogen (secondary N) is 1. The summed E-state index contributed by atoms with van der Waals surface area (Å²) in [6.45, 7) is 6.29. The van der Waals surface area contributed by atoms with Crippen LogP contribution in [0.2, 0.25) is 0 Å². The first kappa shape index (κ1) is 7.03. The molecular formula is C7H15NO. The Morgan fingerprint density at radius 2 is 2.22 bits per heavy atom. The SMILES string of the molecule is CC1NCCCOC1C. The number of hydrogen-bond donors (Lipinski definition) is 1. The van der Waals surface area contributed by atoms with E-state index in [0.717, 1.165) is 19.6 Å². The van der Waals surface area contributed by atoms with Crippen LogP contribution in [-0.4, -0.2) is 25.3 Å². The summed E-state index contributed by atoms with van der Waals surface area (Å²) in [5, 5.41) is 3.37. The van der Waals surface area contributed by atoms with Gasteiger partial charge in [-0.25, -0.2) is 0 Å². The van der Waals surface area contributed by atoms with Crippen LogP contribution < -0.4 is 5.32 Å². The summed E-state index contributed by atoms with van der Waals surface area (Å²) in [4.78, 5) is 0. The second-order valence-corrected chi connectivity index (χ2v) is 2.67. The predicted octanol–water partition coefficient (Wildman–Crippen LogP) is 0.773. The molecule has 0 aromatic heterocycles. The lowest BCUT2D eigenvalue weighted by molar-refractivity contribution is 0.0605. The lowest BCUT2D eigenvalue weighted by atomic mass is 10.2. The standard InChI is InChI=1S/C7H15NO/c1-6-7(2)9-5-3-4-8-6/h6-8H,3-5H2,1-2H3. The summed E-state index contributed by atoms with van der Waals surface area (Å²) in [6, 6.07) is 0.521. The van der Waals surface area contributed by atoms with Crippen molar-refractivity contribution in [3.8, 4) is 0 Å². The molecule has 0 bridgehead atoms. The minimum absolute atomic E-state index is 0.382. The molecule has 0 amide bonds. The molecule has 1 fully saturated rings. The van der Waals surface area contributed by atoms with Crippen LogP contribution in [-0.2, 0) is 4.74 Å². The summed E-state index contributed by atoms with van der Waals surface area (Å²) < 4.78 is 5.45. The summed E-state index contributed by atoms with van der Waals surface area (Å²) in [5.41, 5.74) is 0. The quantitative estimate of drug-likeness (QED) is 0.521. The Bertz CT molecular complexity index is 75.0. The van der Waals surface area contributed by atoms with Gasteiger partial charge in [0, 0.05) is 12.6 Å². The third-order valence-electron chi connectivity index (χ3n) is 1.87. The summed E-state index contributed by atoms with van der Waals surface area (Å²) >= 11 is 0. The van der Waals surface area contributed by atoms with Crippen molar-refractivity contribution in [2.75, 3.05) is 13.2 Å². The van der Waals surface area contributed by atoms with E-state index in [4.69, 9.17) is 4.74 Å². The second kappa shape index (κ2) is 3.18. The highest BCUT2D eigenvalue weighted by atomic mass is 16.5. The molecule has 1 rings (SSSR count). The zero-order valence-electron chi connectivity index (χ0n) is 6.18. The molecule has 0 saturated carbocycles. The highest BCUT2D eigenvalue weighted by Gasteiger charge is 2.13. The Labute approximate surface area is 56.6 Å². The highest BCUT2D eigenvalue weighted by molar-refractivity contribution is 4.70. The van der Waals surface area contributed by atoms with Gasteiger partial charge in [0.1, 0.15) is 0 Å². The fourth-order valence-corrected chi connectivity index (χ4v) is 0.981. The maximum atomic E-state index is 5.45. The van der Waals surface area contributed by atoms with Gasteiger partial charge in [0.15, 0.2) is 0 Å². The molecule has 54 valence electrons. The van der Waals surface area contributed by atoms with Crippen molar-refractivity contribution < 1.29 is 4.74 Å². The zero-order valence-corrected chi connectivity index (χ0v) is 6.18. The number of rotatable bonds is 0. The molecule has 1 aliphatic rings. The molecule has 0 aromatic rings. The average Bonchev–Trinajstić information content (AvgIpc) is 1.99. The van der Waals surface area contributed by atoms with Crippen LogP contribution in [0, 0.1) is 0 Å². The third kappa shape index (κ3) is 1.95. The maximum Gasteiger partial charge on any atom is 0.0697 e. The van der Waals surface area contributed by atoms with E-state index in [1.807, 2.05) is 0 Å². The van der Waals surface area contributed by atoms with Crippen molar-refractivity contribution in [3.63, 3.8) is 0 Å². The summed E-state index contributed by atoms with van der Waals surface area (Å²) in [6.07, 6.45) is 1.53. The zero-order chi connectivity index (χ0) is 6.69. The van der Waals surface area contributed by atoms with E-state index in [1.54, 1.807) is 0 Å². The van der Waals surface area contributed by atoms with Gasteiger partial charge < -0.3 is 10.1 Å². The van der Waals surface area contributed by atoms with Gasteiger partial charge >= 0.3 is 0 Å². The first-order valence-corrected chi connectivity index (χ1v) is 3.65. The van der Waals surface area contributed by atoms with Gasteiger partial charge in [0.2, 0.25) is 0 Å². The van der Waals surface area contributed by atoms with Crippen molar-refractivity contribution in [1.82, 2.24) is 5.32 Å². The molecule has 2 unspecified atom stereocenters. The van der Waals surface area contributed by atoms with Crippen LogP contribution in [0.25, 0.3) is 0 Å². The van der Waals surface area contributed by atoms with Crippen molar-refractivity contribution in [3.05, 3.63) is 0 Å². The van der Waals surface area contributed by atoms with E-state index in [1.165, 1.54) is 0 Å². The van der Waals surface area contributed by atoms with Crippen LogP contribution in [0.5, 0.6) is 0 Å². The first-order valence-electron chi connectivity index (χ1n) is 3.65. The fourth-order valence-electron chi connectivity index (χ4n) is 0.981. The largest absolute Gasteiger partial charge is 0.377 e. The molecule has 0 spiro atoms. The number of hydrogen-bond acceptors (Lipinski definition) is 2. The minimum Gasteiger partial charge on any atom is -0.377 e. The molecule has 0 aromatic carbocycles. The van der Waals surface area contributed by atoms with Crippen molar-refractivity contribution >= 4 is 0 Å². The van der Waals surface area contributed by atoms with Crippen LogP contribution in [0.1, 0.15) is 20.3 Å². The van der Waals surface area contributed by atoms with E-state index in [-0.39, 0.29) is 0 Å². The highest BCUT2D eigenvalue weighted by Crippen LogP contribution is 2.02. The number of ether oxygens (including phenoxy) is 1. The Balaban J connectivity index is 2.32. The molecule has 1 saturated heterocycles. The molecule has 0 radical (unpaired) electrons. The molecule has 0 aliphatic carbocycles. The lowest BCUT2D eigenvalue weighted by Crippen LogP contribution is -2.34.